The Morgan fingerprint density at radius 3 is 2.52 bits per heavy atom. The maximum atomic E-state index is 12.6. The molecular formula is C19H21Cl2N3O. The number of nitrogens with one attached hydrogen (secondary N) is 1. The number of benzene rings is 2. The van der Waals surface area contributed by atoms with Crippen molar-refractivity contribution in [2.45, 2.75) is 19.9 Å². The summed E-state index contributed by atoms with van der Waals surface area (Å²) >= 11 is 12.1. The van der Waals surface area contributed by atoms with Crippen molar-refractivity contribution in [3.8, 4) is 0 Å². The topological polar surface area (TPSA) is 35.6 Å². The highest BCUT2D eigenvalue weighted by molar-refractivity contribution is 6.43. The maximum absolute atomic E-state index is 12.6. The molecule has 1 aliphatic heterocycles. The first kappa shape index (κ1) is 17.9. The minimum absolute atomic E-state index is 0.153. The average molecular weight is 378 g/mol. The van der Waals surface area contributed by atoms with E-state index in [1.54, 1.807) is 18.2 Å². The monoisotopic (exact) mass is 377 g/mol. The molecule has 1 saturated heterocycles. The van der Waals surface area contributed by atoms with Gasteiger partial charge in [-0.3, -0.25) is 0 Å². The summed E-state index contributed by atoms with van der Waals surface area (Å²) in [7, 11) is 0. The van der Waals surface area contributed by atoms with Crippen molar-refractivity contribution in [1.82, 2.24) is 4.90 Å². The second kappa shape index (κ2) is 7.54. The Balaban J connectivity index is 1.65. The van der Waals surface area contributed by atoms with Gasteiger partial charge in [-0.2, -0.15) is 0 Å². The van der Waals surface area contributed by atoms with Crippen molar-refractivity contribution in [1.29, 1.82) is 0 Å². The Morgan fingerprint density at radius 1 is 1.12 bits per heavy atom. The van der Waals surface area contributed by atoms with Gasteiger partial charge in [0.25, 0.3) is 0 Å². The second-order valence-electron chi connectivity index (χ2n) is 6.36. The number of amides is 2. The van der Waals surface area contributed by atoms with Crippen LogP contribution in [0.1, 0.15) is 12.5 Å². The molecule has 4 nitrogen and oxygen atoms in total. The Hall–Kier alpha value is -1.91. The van der Waals surface area contributed by atoms with Gasteiger partial charge in [0.1, 0.15) is 0 Å². The van der Waals surface area contributed by atoms with Gasteiger partial charge in [-0.25, -0.2) is 4.79 Å². The number of aryl methyl sites for hydroxylation is 1. The van der Waals surface area contributed by atoms with Crippen LogP contribution in [0.3, 0.4) is 0 Å². The standard InChI is InChI=1S/C19H21Cl2N3O/c1-13-6-8-15(9-7-13)24-11-10-23(12-14(24)2)19(25)22-17-5-3-4-16(20)18(17)21/h3-9,14H,10-12H2,1-2H3,(H,22,25). The van der Waals surface area contributed by atoms with E-state index in [0.717, 1.165) is 6.54 Å². The van der Waals surface area contributed by atoms with E-state index >= 15 is 0 Å². The molecule has 0 radical (unpaired) electrons. The first-order chi connectivity index (χ1) is 12.0. The van der Waals surface area contributed by atoms with E-state index in [1.807, 2.05) is 4.90 Å². The number of halogens is 2. The van der Waals surface area contributed by atoms with Gasteiger partial charge in [0.05, 0.1) is 15.7 Å². The Kier molecular flexibility index (Phi) is 5.40. The molecule has 2 aromatic carbocycles. The van der Waals surface area contributed by atoms with E-state index in [-0.39, 0.29) is 12.1 Å². The van der Waals surface area contributed by atoms with Crippen molar-refractivity contribution in [2.24, 2.45) is 0 Å². The number of anilines is 2. The van der Waals surface area contributed by atoms with Crippen molar-refractivity contribution in [2.75, 3.05) is 29.9 Å². The van der Waals surface area contributed by atoms with E-state index < -0.39 is 0 Å². The van der Waals surface area contributed by atoms with Crippen molar-refractivity contribution >= 4 is 40.6 Å². The molecule has 1 atom stereocenters. The fourth-order valence-corrected chi connectivity index (χ4v) is 3.40. The third-order valence-electron chi connectivity index (χ3n) is 4.47. The third-order valence-corrected chi connectivity index (χ3v) is 5.29. The number of urea groups is 1. The lowest BCUT2D eigenvalue weighted by Crippen LogP contribution is -2.54. The normalized spacial score (nSPS) is 17.5. The molecule has 1 fully saturated rings. The number of carbonyl (C=O) groups excluding carboxylic acids is 1. The van der Waals surface area contributed by atoms with E-state index in [1.165, 1.54) is 11.3 Å². The molecule has 6 heteroatoms. The first-order valence-electron chi connectivity index (χ1n) is 8.29. The largest absolute Gasteiger partial charge is 0.365 e. The summed E-state index contributed by atoms with van der Waals surface area (Å²) in [4.78, 5) is 16.7. The molecule has 132 valence electrons. The molecule has 1 unspecified atom stereocenters. The number of piperazine rings is 1. The van der Waals surface area contributed by atoms with Gasteiger partial charge in [0, 0.05) is 31.4 Å². The summed E-state index contributed by atoms with van der Waals surface area (Å²) in [5.41, 5.74) is 2.97. The fourth-order valence-electron chi connectivity index (χ4n) is 3.06. The molecule has 1 heterocycles. The van der Waals surface area contributed by atoms with Crippen molar-refractivity contribution in [3.63, 3.8) is 0 Å². The fraction of sp³-hybridized carbons (Fsp3) is 0.316. The lowest BCUT2D eigenvalue weighted by Gasteiger charge is -2.41. The highest BCUT2D eigenvalue weighted by Gasteiger charge is 2.27. The molecule has 0 aromatic heterocycles. The molecular weight excluding hydrogens is 357 g/mol. The number of carbonyl (C=O) groups is 1. The lowest BCUT2D eigenvalue weighted by molar-refractivity contribution is 0.200. The summed E-state index contributed by atoms with van der Waals surface area (Å²) in [6, 6.07) is 13.8. The van der Waals surface area contributed by atoms with Crippen LogP contribution in [0.15, 0.2) is 42.5 Å². The number of nitrogens with zero attached hydrogens (tertiary/aromatic N) is 2. The van der Waals surface area contributed by atoms with E-state index in [0.29, 0.717) is 28.8 Å². The van der Waals surface area contributed by atoms with Crippen molar-refractivity contribution < 1.29 is 4.79 Å². The Morgan fingerprint density at radius 2 is 1.84 bits per heavy atom. The molecule has 1 aliphatic rings. The van der Waals surface area contributed by atoms with Gasteiger partial charge in [-0.1, -0.05) is 47.0 Å². The van der Waals surface area contributed by atoms with Crippen LogP contribution in [0.5, 0.6) is 0 Å². The number of hydrogen-bond acceptors (Lipinski definition) is 2. The molecule has 2 aromatic rings. The van der Waals surface area contributed by atoms with Gasteiger partial charge in [0.2, 0.25) is 0 Å². The molecule has 2 amide bonds. The quantitative estimate of drug-likeness (QED) is 0.794. The van der Waals surface area contributed by atoms with Crippen LogP contribution >= 0.6 is 23.2 Å². The predicted molar refractivity (Wildman–Crippen MR) is 105 cm³/mol. The van der Waals surface area contributed by atoms with E-state index in [9.17, 15) is 4.79 Å². The highest BCUT2D eigenvalue weighted by atomic mass is 35.5. The maximum Gasteiger partial charge on any atom is 0.322 e. The summed E-state index contributed by atoms with van der Waals surface area (Å²) in [5.74, 6) is 0. The SMILES string of the molecule is Cc1ccc(N2CCN(C(=O)Nc3cccc(Cl)c3Cl)CC2C)cc1. The molecule has 0 bridgehead atoms. The molecule has 0 spiro atoms. The van der Waals surface area contributed by atoms with Crippen LogP contribution in [-0.2, 0) is 0 Å². The Bertz CT molecular complexity index is 764. The van der Waals surface area contributed by atoms with Crippen LogP contribution < -0.4 is 10.2 Å². The van der Waals surface area contributed by atoms with Gasteiger partial charge < -0.3 is 15.1 Å². The van der Waals surface area contributed by atoms with Gasteiger partial charge in [-0.15, -0.1) is 0 Å². The molecule has 0 aliphatic carbocycles. The van der Waals surface area contributed by atoms with Crippen LogP contribution in [0.25, 0.3) is 0 Å². The zero-order valence-electron chi connectivity index (χ0n) is 14.3. The van der Waals surface area contributed by atoms with Gasteiger partial charge >= 0.3 is 6.03 Å². The van der Waals surface area contributed by atoms with Gasteiger partial charge in [-0.05, 0) is 38.1 Å². The van der Waals surface area contributed by atoms with Crippen LogP contribution in [0.2, 0.25) is 10.0 Å². The molecule has 3 rings (SSSR count). The smallest absolute Gasteiger partial charge is 0.322 e. The van der Waals surface area contributed by atoms with Crippen LogP contribution in [0.4, 0.5) is 16.2 Å². The number of rotatable bonds is 2. The summed E-state index contributed by atoms with van der Waals surface area (Å²) in [6.07, 6.45) is 0. The molecule has 25 heavy (non-hydrogen) atoms. The minimum Gasteiger partial charge on any atom is -0.365 e. The van der Waals surface area contributed by atoms with E-state index in [2.05, 4.69) is 48.3 Å². The van der Waals surface area contributed by atoms with Gasteiger partial charge in [0.15, 0.2) is 0 Å². The average Bonchev–Trinajstić information content (AvgIpc) is 2.60. The molecule has 0 saturated carbocycles. The Labute approximate surface area is 158 Å². The lowest BCUT2D eigenvalue weighted by atomic mass is 10.1. The minimum atomic E-state index is -0.153. The van der Waals surface area contributed by atoms with Crippen LogP contribution in [-0.4, -0.2) is 36.6 Å². The zero-order valence-corrected chi connectivity index (χ0v) is 15.8. The first-order valence-corrected chi connectivity index (χ1v) is 9.04. The van der Waals surface area contributed by atoms with Crippen molar-refractivity contribution in [3.05, 3.63) is 58.1 Å². The second-order valence-corrected chi connectivity index (χ2v) is 7.14. The highest BCUT2D eigenvalue weighted by Crippen LogP contribution is 2.30. The molecule has 1 N–H and O–H groups in total. The van der Waals surface area contributed by atoms with Crippen LogP contribution in [0, 0.1) is 6.92 Å². The number of hydrogen-bond donors (Lipinski definition) is 1. The summed E-state index contributed by atoms with van der Waals surface area (Å²) in [5, 5.41) is 3.65. The zero-order chi connectivity index (χ0) is 18.0. The summed E-state index contributed by atoms with van der Waals surface area (Å²) < 4.78 is 0. The van der Waals surface area contributed by atoms with E-state index in [4.69, 9.17) is 23.2 Å². The third kappa shape index (κ3) is 4.02. The summed E-state index contributed by atoms with van der Waals surface area (Å²) in [6.45, 7) is 6.31. The predicted octanol–water partition coefficient (Wildman–Crippen LogP) is 5.04.